The highest BCUT2D eigenvalue weighted by atomic mass is 127. The Kier molecular flexibility index (Phi) is 2.58. The maximum atomic E-state index is 10.8. The number of rotatable bonds is 3. The van der Waals surface area contributed by atoms with E-state index < -0.39 is 5.97 Å². The van der Waals surface area contributed by atoms with Gasteiger partial charge in [0.25, 0.3) is 0 Å². The van der Waals surface area contributed by atoms with Crippen LogP contribution in [0.2, 0.25) is 0 Å². The first kappa shape index (κ1) is 9.70. The van der Waals surface area contributed by atoms with E-state index >= 15 is 0 Å². The lowest BCUT2D eigenvalue weighted by Gasteiger charge is -2.07. The van der Waals surface area contributed by atoms with Crippen LogP contribution in [-0.2, 0) is 0 Å². The van der Waals surface area contributed by atoms with Gasteiger partial charge in [0.2, 0.25) is 0 Å². The summed E-state index contributed by atoms with van der Waals surface area (Å²) in [4.78, 5) is 14.5. The number of halogens is 1. The number of carbonyl (C=O) groups is 1. The summed E-state index contributed by atoms with van der Waals surface area (Å²) in [6, 6.07) is 1.70. The molecule has 1 heterocycles. The number of pyridine rings is 1. The topological polar surface area (TPSA) is 59.4 Å². The number of nitrogens with zero attached hydrogens (tertiary/aromatic N) is 1. The van der Waals surface area contributed by atoms with Gasteiger partial charge in [-0.3, -0.25) is 0 Å². The number of carboxylic acid groups (broad SMARTS) is 1. The zero-order valence-corrected chi connectivity index (χ0v) is 9.39. The largest absolute Gasteiger partial charge is 0.489 e. The quantitative estimate of drug-likeness (QED) is 0.867. The lowest BCUT2D eigenvalue weighted by Crippen LogP contribution is -2.06. The van der Waals surface area contributed by atoms with Gasteiger partial charge in [0.1, 0.15) is 5.75 Å². The number of carboxylic acids is 1. The Morgan fingerprint density at radius 2 is 2.36 bits per heavy atom. The highest BCUT2D eigenvalue weighted by Gasteiger charge is 2.25. The molecule has 4 nitrogen and oxygen atoms in total. The van der Waals surface area contributed by atoms with Crippen LogP contribution in [0.5, 0.6) is 5.75 Å². The number of aromatic nitrogens is 1. The zero-order valence-electron chi connectivity index (χ0n) is 7.24. The van der Waals surface area contributed by atoms with Gasteiger partial charge in [-0.1, -0.05) is 0 Å². The molecule has 14 heavy (non-hydrogen) atoms. The molecule has 5 heteroatoms. The van der Waals surface area contributed by atoms with Crippen molar-refractivity contribution in [2.24, 2.45) is 0 Å². The molecule has 0 bridgehead atoms. The lowest BCUT2D eigenvalue weighted by atomic mass is 10.3. The van der Waals surface area contributed by atoms with Crippen molar-refractivity contribution in [3.8, 4) is 5.75 Å². The molecule has 0 aromatic carbocycles. The average molecular weight is 305 g/mol. The number of hydrogen-bond acceptors (Lipinski definition) is 3. The molecule has 0 unspecified atom stereocenters. The third kappa shape index (κ3) is 1.97. The Balaban J connectivity index is 2.30. The minimum absolute atomic E-state index is 0.0590. The molecule has 2 rings (SSSR count). The van der Waals surface area contributed by atoms with Crippen LogP contribution < -0.4 is 4.74 Å². The summed E-state index contributed by atoms with van der Waals surface area (Å²) in [6.07, 6.45) is 3.85. The first-order valence-electron chi connectivity index (χ1n) is 4.23. The summed E-state index contributed by atoms with van der Waals surface area (Å²) in [7, 11) is 0. The smallest absolute Gasteiger partial charge is 0.355 e. The molecule has 0 aliphatic heterocycles. The van der Waals surface area contributed by atoms with Crippen molar-refractivity contribution in [2.75, 3.05) is 0 Å². The summed E-state index contributed by atoms with van der Waals surface area (Å²) < 4.78 is 6.11. The molecule has 1 aromatic rings. The van der Waals surface area contributed by atoms with Gasteiger partial charge in [-0.15, -0.1) is 0 Å². The van der Waals surface area contributed by atoms with Crippen LogP contribution in [0.3, 0.4) is 0 Å². The fraction of sp³-hybridized carbons (Fsp3) is 0.333. The van der Waals surface area contributed by atoms with Crippen molar-refractivity contribution in [1.82, 2.24) is 4.98 Å². The van der Waals surface area contributed by atoms with Gasteiger partial charge in [-0.25, -0.2) is 9.78 Å². The Bertz CT molecular complexity index is 376. The molecule has 0 atom stereocenters. The molecule has 1 saturated carbocycles. The molecule has 1 N–H and O–H groups in total. The molecule has 0 radical (unpaired) electrons. The number of hydrogen-bond donors (Lipinski definition) is 1. The molecule has 1 aliphatic rings. The second-order valence-electron chi connectivity index (χ2n) is 3.09. The maximum Gasteiger partial charge on any atom is 0.355 e. The molecule has 0 saturated heterocycles. The standard InChI is InChI=1S/C9H8INO3/c10-7-6(14-5-1-2-5)3-4-11-8(7)9(12)13/h3-5H,1-2H2,(H,12,13). The van der Waals surface area contributed by atoms with Gasteiger partial charge in [0.05, 0.1) is 9.67 Å². The molecular weight excluding hydrogens is 297 g/mol. The fourth-order valence-electron chi connectivity index (χ4n) is 1.03. The van der Waals surface area contributed by atoms with E-state index in [9.17, 15) is 4.79 Å². The number of aromatic carboxylic acids is 1. The van der Waals surface area contributed by atoms with Crippen LogP contribution in [0.4, 0.5) is 0 Å². The van der Waals surface area contributed by atoms with Gasteiger partial charge in [0.15, 0.2) is 5.69 Å². The molecule has 74 valence electrons. The van der Waals surface area contributed by atoms with E-state index in [2.05, 4.69) is 4.98 Å². The van der Waals surface area contributed by atoms with Gasteiger partial charge < -0.3 is 9.84 Å². The minimum Gasteiger partial charge on any atom is -0.489 e. The third-order valence-corrected chi connectivity index (χ3v) is 2.92. The van der Waals surface area contributed by atoms with E-state index in [1.807, 2.05) is 22.6 Å². The van der Waals surface area contributed by atoms with Crippen LogP contribution >= 0.6 is 22.6 Å². The monoisotopic (exact) mass is 305 g/mol. The molecular formula is C9H8INO3. The van der Waals surface area contributed by atoms with Gasteiger partial charge >= 0.3 is 5.97 Å². The summed E-state index contributed by atoms with van der Waals surface area (Å²) in [5, 5.41) is 8.82. The summed E-state index contributed by atoms with van der Waals surface area (Å²) in [6.45, 7) is 0. The predicted octanol–water partition coefficient (Wildman–Crippen LogP) is 1.93. The van der Waals surface area contributed by atoms with E-state index in [4.69, 9.17) is 9.84 Å². The zero-order chi connectivity index (χ0) is 10.1. The van der Waals surface area contributed by atoms with Gasteiger partial charge in [-0.05, 0) is 41.5 Å². The van der Waals surface area contributed by atoms with Crippen molar-refractivity contribution in [3.05, 3.63) is 21.5 Å². The molecule has 0 amide bonds. The van der Waals surface area contributed by atoms with E-state index in [-0.39, 0.29) is 11.8 Å². The Morgan fingerprint density at radius 3 is 2.93 bits per heavy atom. The van der Waals surface area contributed by atoms with Crippen LogP contribution in [0.25, 0.3) is 0 Å². The van der Waals surface area contributed by atoms with E-state index in [0.717, 1.165) is 12.8 Å². The Morgan fingerprint density at radius 1 is 1.64 bits per heavy atom. The summed E-state index contributed by atoms with van der Waals surface area (Å²) in [5.74, 6) is -0.392. The first-order chi connectivity index (χ1) is 6.68. The first-order valence-corrected chi connectivity index (χ1v) is 5.31. The molecule has 1 fully saturated rings. The average Bonchev–Trinajstić information content (AvgIpc) is 2.92. The second-order valence-corrected chi connectivity index (χ2v) is 4.17. The highest BCUT2D eigenvalue weighted by molar-refractivity contribution is 14.1. The van der Waals surface area contributed by atoms with Crippen LogP contribution in [0, 0.1) is 3.57 Å². The third-order valence-electron chi connectivity index (χ3n) is 1.87. The highest BCUT2D eigenvalue weighted by Crippen LogP contribution is 2.30. The Hall–Kier alpha value is -0.850. The molecule has 1 aliphatic carbocycles. The van der Waals surface area contributed by atoms with Crippen LogP contribution in [-0.4, -0.2) is 22.2 Å². The van der Waals surface area contributed by atoms with Crippen molar-refractivity contribution in [1.29, 1.82) is 0 Å². The van der Waals surface area contributed by atoms with Crippen LogP contribution in [0.1, 0.15) is 23.3 Å². The Labute approximate surface area is 94.4 Å². The number of ether oxygens (including phenoxy) is 1. The SMILES string of the molecule is O=C(O)c1nccc(OC2CC2)c1I. The molecule has 1 aromatic heterocycles. The van der Waals surface area contributed by atoms with E-state index in [0.29, 0.717) is 9.32 Å². The van der Waals surface area contributed by atoms with Gasteiger partial charge in [-0.2, -0.15) is 0 Å². The van der Waals surface area contributed by atoms with E-state index in [1.165, 1.54) is 6.20 Å². The predicted molar refractivity (Wildman–Crippen MR) is 57.6 cm³/mol. The van der Waals surface area contributed by atoms with E-state index in [1.54, 1.807) is 6.07 Å². The molecule has 0 spiro atoms. The normalized spacial score (nSPS) is 15.2. The van der Waals surface area contributed by atoms with Crippen molar-refractivity contribution in [2.45, 2.75) is 18.9 Å². The second kappa shape index (κ2) is 3.72. The van der Waals surface area contributed by atoms with Crippen molar-refractivity contribution in [3.63, 3.8) is 0 Å². The van der Waals surface area contributed by atoms with Crippen molar-refractivity contribution >= 4 is 28.6 Å². The minimum atomic E-state index is -1.02. The van der Waals surface area contributed by atoms with Gasteiger partial charge in [0, 0.05) is 6.20 Å². The summed E-state index contributed by atoms with van der Waals surface area (Å²) >= 11 is 1.95. The van der Waals surface area contributed by atoms with Crippen molar-refractivity contribution < 1.29 is 14.6 Å². The fourth-order valence-corrected chi connectivity index (χ4v) is 1.71. The lowest BCUT2D eigenvalue weighted by molar-refractivity contribution is 0.0688. The van der Waals surface area contributed by atoms with Crippen LogP contribution in [0.15, 0.2) is 12.3 Å². The maximum absolute atomic E-state index is 10.8. The summed E-state index contributed by atoms with van der Waals surface area (Å²) in [5.41, 5.74) is 0.0590.